The van der Waals surface area contributed by atoms with Gasteiger partial charge in [-0.3, -0.25) is 14.4 Å². The van der Waals surface area contributed by atoms with Gasteiger partial charge in [-0.2, -0.15) is 5.48 Å². The minimum absolute atomic E-state index is 0.0595. The molecular weight excluding hydrogens is 260 g/mol. The van der Waals surface area contributed by atoms with Crippen LogP contribution in [0.25, 0.3) is 0 Å². The maximum atomic E-state index is 11.0. The third-order valence-corrected chi connectivity index (χ3v) is 2.22. The van der Waals surface area contributed by atoms with E-state index in [1.807, 2.05) is 31.2 Å². The number of carbonyl (C=O) groups excluding carboxylic acids is 3. The minimum atomic E-state index is -0.396. The highest BCUT2D eigenvalue weighted by Crippen LogP contribution is 2.09. The molecule has 2 N–H and O–H groups in total. The average Bonchev–Trinajstić information content (AvgIpc) is 2.46. The normalized spacial score (nSPS) is 8.75. The number of rotatable bonds is 5. The van der Waals surface area contributed by atoms with Crippen LogP contribution in [-0.2, 0) is 25.6 Å². The molecule has 0 aliphatic heterocycles. The van der Waals surface area contributed by atoms with E-state index in [1.165, 1.54) is 12.5 Å². The van der Waals surface area contributed by atoms with Crippen LogP contribution in [-0.4, -0.2) is 18.3 Å². The molecule has 0 aliphatic rings. The second-order valence-corrected chi connectivity index (χ2v) is 3.82. The summed E-state index contributed by atoms with van der Waals surface area (Å²) in [5.41, 5.74) is 3.95. The van der Waals surface area contributed by atoms with Crippen LogP contribution in [0.1, 0.15) is 32.8 Å². The van der Waals surface area contributed by atoms with Gasteiger partial charge in [-0.15, -0.1) is 0 Å². The first kappa shape index (κ1) is 17.6. The molecule has 20 heavy (non-hydrogen) atoms. The van der Waals surface area contributed by atoms with Gasteiger partial charge in [0.25, 0.3) is 0 Å². The van der Waals surface area contributed by atoms with E-state index < -0.39 is 5.91 Å². The first-order valence-electron chi connectivity index (χ1n) is 6.28. The lowest BCUT2D eigenvalue weighted by Gasteiger charge is -2.03. The Morgan fingerprint density at radius 2 is 1.80 bits per heavy atom. The molecule has 1 aromatic rings. The number of aryl methyl sites for hydroxylation is 1. The number of hydrogen-bond donors (Lipinski definition) is 2. The third-order valence-electron chi connectivity index (χ3n) is 2.22. The number of benzene rings is 1. The summed E-state index contributed by atoms with van der Waals surface area (Å²) in [6, 6.07) is 7.94. The molecule has 6 heteroatoms. The monoisotopic (exact) mass is 280 g/mol. The lowest BCUT2D eigenvalue weighted by molar-refractivity contribution is -0.145. The van der Waals surface area contributed by atoms with Crippen molar-refractivity contribution in [3.05, 3.63) is 29.8 Å². The predicted octanol–water partition coefficient (Wildman–Crippen LogP) is 1.81. The van der Waals surface area contributed by atoms with Crippen molar-refractivity contribution in [1.29, 1.82) is 0 Å². The highest BCUT2D eigenvalue weighted by Gasteiger charge is 1.97. The van der Waals surface area contributed by atoms with Crippen LogP contribution in [0.4, 0.5) is 5.69 Å². The van der Waals surface area contributed by atoms with E-state index in [0.29, 0.717) is 6.42 Å². The summed E-state index contributed by atoms with van der Waals surface area (Å²) in [6.07, 6.45) is 1.55. The van der Waals surface area contributed by atoms with E-state index in [0.717, 1.165) is 12.1 Å². The summed E-state index contributed by atoms with van der Waals surface area (Å²) in [5, 5.41) is 2.80. The SMILES string of the molecule is CC(=O)NOC=O.CCC(=O)Nc1ccc(CC)cc1. The quantitative estimate of drug-likeness (QED) is 0.636. The third kappa shape index (κ3) is 8.68. The lowest BCUT2D eigenvalue weighted by atomic mass is 10.1. The van der Waals surface area contributed by atoms with E-state index in [-0.39, 0.29) is 12.4 Å². The fourth-order valence-electron chi connectivity index (χ4n) is 1.18. The largest absolute Gasteiger partial charge is 0.344 e. The zero-order valence-corrected chi connectivity index (χ0v) is 11.9. The van der Waals surface area contributed by atoms with Gasteiger partial charge in [-0.1, -0.05) is 26.0 Å². The van der Waals surface area contributed by atoms with Gasteiger partial charge in [0.1, 0.15) is 0 Å². The number of amides is 2. The molecule has 0 atom stereocenters. The summed E-state index contributed by atoms with van der Waals surface area (Å²) in [7, 11) is 0. The maximum absolute atomic E-state index is 11.0. The smallest absolute Gasteiger partial charge is 0.320 e. The van der Waals surface area contributed by atoms with Crippen molar-refractivity contribution in [3.8, 4) is 0 Å². The van der Waals surface area contributed by atoms with E-state index in [2.05, 4.69) is 17.1 Å². The van der Waals surface area contributed by atoms with Gasteiger partial charge < -0.3 is 10.2 Å². The molecule has 0 unspecified atom stereocenters. The molecule has 0 heterocycles. The van der Waals surface area contributed by atoms with Crippen molar-refractivity contribution >= 4 is 24.0 Å². The Labute approximate surface area is 118 Å². The Bertz CT molecular complexity index is 429. The van der Waals surface area contributed by atoms with E-state index >= 15 is 0 Å². The van der Waals surface area contributed by atoms with Crippen LogP contribution in [0.3, 0.4) is 0 Å². The molecule has 2 amide bonds. The summed E-state index contributed by atoms with van der Waals surface area (Å²) in [6.45, 7) is 5.33. The second-order valence-electron chi connectivity index (χ2n) is 3.82. The van der Waals surface area contributed by atoms with Crippen LogP contribution in [0.5, 0.6) is 0 Å². The molecule has 0 saturated heterocycles. The second kappa shape index (κ2) is 10.5. The molecule has 0 fully saturated rings. The lowest BCUT2D eigenvalue weighted by Crippen LogP contribution is -2.18. The highest BCUT2D eigenvalue weighted by atomic mass is 16.7. The molecule has 0 bridgehead atoms. The maximum Gasteiger partial charge on any atom is 0.320 e. The number of hydrogen-bond acceptors (Lipinski definition) is 4. The summed E-state index contributed by atoms with van der Waals surface area (Å²) < 4.78 is 0. The van der Waals surface area contributed by atoms with Crippen LogP contribution in [0.15, 0.2) is 24.3 Å². The fraction of sp³-hybridized carbons (Fsp3) is 0.357. The molecule has 1 rings (SSSR count). The fourth-order valence-corrected chi connectivity index (χ4v) is 1.18. The number of hydroxylamine groups is 1. The van der Waals surface area contributed by atoms with Crippen LogP contribution in [0.2, 0.25) is 0 Å². The first-order valence-corrected chi connectivity index (χ1v) is 6.28. The van der Waals surface area contributed by atoms with Crippen molar-refractivity contribution in [2.45, 2.75) is 33.6 Å². The van der Waals surface area contributed by atoms with Gasteiger partial charge in [0, 0.05) is 19.0 Å². The number of nitrogens with one attached hydrogen (secondary N) is 2. The van der Waals surface area contributed by atoms with Gasteiger partial charge in [0.2, 0.25) is 11.8 Å². The van der Waals surface area contributed by atoms with E-state index in [9.17, 15) is 14.4 Å². The first-order chi connectivity index (χ1) is 9.53. The predicted molar refractivity (Wildman–Crippen MR) is 75.7 cm³/mol. The summed E-state index contributed by atoms with van der Waals surface area (Å²) in [4.78, 5) is 33.9. The highest BCUT2D eigenvalue weighted by molar-refractivity contribution is 5.90. The van der Waals surface area contributed by atoms with Crippen molar-refractivity contribution in [3.63, 3.8) is 0 Å². The summed E-state index contributed by atoms with van der Waals surface area (Å²) in [5.74, 6) is -0.337. The molecule has 0 radical (unpaired) electrons. The zero-order chi connectivity index (χ0) is 15.4. The average molecular weight is 280 g/mol. The molecule has 0 aromatic heterocycles. The van der Waals surface area contributed by atoms with E-state index in [4.69, 9.17) is 0 Å². The van der Waals surface area contributed by atoms with Gasteiger partial charge in [-0.05, 0) is 24.1 Å². The van der Waals surface area contributed by atoms with Crippen molar-refractivity contribution in [1.82, 2.24) is 5.48 Å². The Morgan fingerprint density at radius 3 is 2.15 bits per heavy atom. The van der Waals surface area contributed by atoms with Gasteiger partial charge in [0.05, 0.1) is 0 Å². The Hall–Kier alpha value is -2.37. The Kier molecular flexibility index (Phi) is 9.29. The van der Waals surface area contributed by atoms with Crippen LogP contribution in [0, 0.1) is 0 Å². The van der Waals surface area contributed by atoms with Gasteiger partial charge in [-0.25, -0.2) is 0 Å². The molecule has 0 spiro atoms. The molecule has 0 saturated carbocycles. The molecule has 0 aliphatic carbocycles. The number of anilines is 1. The topological polar surface area (TPSA) is 84.5 Å². The van der Waals surface area contributed by atoms with Gasteiger partial charge in [0.15, 0.2) is 0 Å². The summed E-state index contributed by atoms with van der Waals surface area (Å²) >= 11 is 0. The van der Waals surface area contributed by atoms with Crippen molar-refractivity contribution in [2.75, 3.05) is 5.32 Å². The van der Waals surface area contributed by atoms with E-state index in [1.54, 1.807) is 5.48 Å². The van der Waals surface area contributed by atoms with Gasteiger partial charge >= 0.3 is 6.47 Å². The Morgan fingerprint density at radius 1 is 1.20 bits per heavy atom. The minimum Gasteiger partial charge on any atom is -0.344 e. The number of carbonyl (C=O) groups is 3. The van der Waals surface area contributed by atoms with Crippen molar-refractivity contribution in [2.24, 2.45) is 0 Å². The van der Waals surface area contributed by atoms with Crippen molar-refractivity contribution < 1.29 is 19.2 Å². The molecule has 1 aromatic carbocycles. The van der Waals surface area contributed by atoms with Crippen LogP contribution < -0.4 is 10.8 Å². The molecule has 6 nitrogen and oxygen atoms in total. The Balaban J connectivity index is 0.000000441. The van der Waals surface area contributed by atoms with Crippen LogP contribution >= 0.6 is 0 Å². The molecule has 110 valence electrons. The molecular formula is C14H20N2O4. The standard InChI is InChI=1S/C11H15NO.C3H5NO3/c1-3-9-5-7-10(8-6-9)12-11(13)4-2;1-3(6)4-7-2-5/h5-8H,3-4H2,1-2H3,(H,12,13);2H,1H3,(H,4,6). The zero-order valence-electron chi connectivity index (χ0n) is 11.9.